The SMILES string of the molecule is O=C(O)CCCNS(=O)(=O)c1cc2c(cc1[N+](=O)[O-])OCCO2. The van der Waals surface area contributed by atoms with Gasteiger partial charge < -0.3 is 14.6 Å². The molecule has 1 aliphatic rings. The van der Waals surface area contributed by atoms with Crippen LogP contribution in [0.1, 0.15) is 12.8 Å². The minimum absolute atomic E-state index is 0.0624. The predicted molar refractivity (Wildman–Crippen MR) is 76.1 cm³/mol. The number of fused-ring (bicyclic) bond motifs is 1. The van der Waals surface area contributed by atoms with Gasteiger partial charge in [-0.05, 0) is 6.42 Å². The molecule has 0 amide bonds. The van der Waals surface area contributed by atoms with E-state index in [4.69, 9.17) is 14.6 Å². The van der Waals surface area contributed by atoms with Gasteiger partial charge in [0.2, 0.25) is 10.0 Å². The van der Waals surface area contributed by atoms with Crippen LogP contribution in [-0.4, -0.2) is 44.2 Å². The lowest BCUT2D eigenvalue weighted by molar-refractivity contribution is -0.388. The molecule has 1 aromatic rings. The lowest BCUT2D eigenvalue weighted by atomic mass is 10.2. The van der Waals surface area contributed by atoms with Crippen LogP contribution in [-0.2, 0) is 14.8 Å². The number of carboxylic acids is 1. The van der Waals surface area contributed by atoms with Gasteiger partial charge in [0.25, 0.3) is 5.69 Å². The number of nitrogens with zero attached hydrogens (tertiary/aromatic N) is 1. The second-order valence-corrected chi connectivity index (χ2v) is 6.35. The zero-order chi connectivity index (χ0) is 17.0. The number of hydrogen-bond acceptors (Lipinski definition) is 7. The summed E-state index contributed by atoms with van der Waals surface area (Å²) in [5, 5.41) is 19.6. The van der Waals surface area contributed by atoms with Gasteiger partial charge in [-0.1, -0.05) is 0 Å². The first-order valence-electron chi connectivity index (χ1n) is 6.61. The first kappa shape index (κ1) is 17.0. The number of nitro benzene ring substituents is 1. The van der Waals surface area contributed by atoms with Crippen LogP contribution in [0.4, 0.5) is 5.69 Å². The van der Waals surface area contributed by atoms with Crippen molar-refractivity contribution >= 4 is 21.7 Å². The van der Waals surface area contributed by atoms with Crippen molar-refractivity contribution in [3.8, 4) is 11.5 Å². The molecule has 1 heterocycles. The van der Waals surface area contributed by atoms with Crippen LogP contribution in [0.15, 0.2) is 17.0 Å². The fourth-order valence-corrected chi connectivity index (χ4v) is 3.18. The molecule has 1 aromatic carbocycles. The number of nitro groups is 1. The molecule has 0 saturated heterocycles. The van der Waals surface area contributed by atoms with Gasteiger partial charge in [-0.25, -0.2) is 13.1 Å². The molecule has 0 unspecified atom stereocenters. The van der Waals surface area contributed by atoms with Crippen molar-refractivity contribution in [3.05, 3.63) is 22.2 Å². The Labute approximate surface area is 131 Å². The van der Waals surface area contributed by atoms with Gasteiger partial charge in [0.1, 0.15) is 13.2 Å². The third-order valence-corrected chi connectivity index (χ3v) is 4.46. The van der Waals surface area contributed by atoms with E-state index in [2.05, 4.69) is 4.72 Å². The fourth-order valence-electron chi connectivity index (χ4n) is 1.94. The van der Waals surface area contributed by atoms with Gasteiger partial charge in [0.05, 0.1) is 11.0 Å². The Kier molecular flexibility index (Phi) is 5.01. The average molecular weight is 346 g/mol. The van der Waals surface area contributed by atoms with Crippen molar-refractivity contribution in [1.29, 1.82) is 0 Å². The van der Waals surface area contributed by atoms with Crippen molar-refractivity contribution < 1.29 is 32.7 Å². The summed E-state index contributed by atoms with van der Waals surface area (Å²) in [7, 11) is -4.19. The van der Waals surface area contributed by atoms with E-state index in [-0.39, 0.29) is 44.1 Å². The second kappa shape index (κ2) is 6.79. The number of rotatable bonds is 7. The Balaban J connectivity index is 2.28. The number of carboxylic acid groups (broad SMARTS) is 1. The summed E-state index contributed by atoms with van der Waals surface area (Å²) in [6, 6.07) is 2.03. The molecule has 0 bridgehead atoms. The van der Waals surface area contributed by atoms with Crippen LogP contribution in [0, 0.1) is 10.1 Å². The fraction of sp³-hybridized carbons (Fsp3) is 0.417. The number of ether oxygens (including phenoxy) is 2. The number of aliphatic carboxylic acids is 1. The summed E-state index contributed by atoms with van der Waals surface area (Å²) in [5.41, 5.74) is -0.639. The molecule has 0 aliphatic carbocycles. The summed E-state index contributed by atoms with van der Waals surface area (Å²) in [5.74, 6) is -0.852. The van der Waals surface area contributed by atoms with E-state index in [1.54, 1.807) is 0 Å². The van der Waals surface area contributed by atoms with Gasteiger partial charge in [-0.15, -0.1) is 0 Å². The van der Waals surface area contributed by atoms with Gasteiger partial charge in [0, 0.05) is 19.0 Å². The Morgan fingerprint density at radius 2 is 1.91 bits per heavy atom. The van der Waals surface area contributed by atoms with Gasteiger partial charge in [-0.3, -0.25) is 14.9 Å². The first-order chi connectivity index (χ1) is 10.8. The lowest BCUT2D eigenvalue weighted by Gasteiger charge is -2.19. The zero-order valence-corrected chi connectivity index (χ0v) is 12.7. The molecule has 23 heavy (non-hydrogen) atoms. The molecular weight excluding hydrogens is 332 g/mol. The number of benzene rings is 1. The molecule has 0 atom stereocenters. The summed E-state index contributed by atoms with van der Waals surface area (Å²) in [6.45, 7) is 0.264. The van der Waals surface area contributed by atoms with E-state index < -0.39 is 31.5 Å². The monoisotopic (exact) mass is 346 g/mol. The first-order valence-corrected chi connectivity index (χ1v) is 8.09. The van der Waals surface area contributed by atoms with Crippen LogP contribution >= 0.6 is 0 Å². The standard InChI is InChI=1S/C12H14N2O8S/c15-12(16)2-1-3-13-23(19,20)11-7-10-9(21-4-5-22-10)6-8(11)14(17)18/h6-7,13H,1-5H2,(H,15,16). The molecule has 126 valence electrons. The summed E-state index contributed by atoms with van der Waals surface area (Å²) < 4.78 is 37.0. The highest BCUT2D eigenvalue weighted by Crippen LogP contribution is 2.38. The zero-order valence-electron chi connectivity index (χ0n) is 11.9. The van der Waals surface area contributed by atoms with Crippen LogP contribution in [0.5, 0.6) is 11.5 Å². The summed E-state index contributed by atoms with van der Waals surface area (Å²) in [4.78, 5) is 20.1. The van der Waals surface area contributed by atoms with Gasteiger partial charge in [0.15, 0.2) is 16.4 Å². The summed E-state index contributed by atoms with van der Waals surface area (Å²) in [6.07, 6.45) is -0.154. The number of nitrogens with one attached hydrogen (secondary N) is 1. The van der Waals surface area contributed by atoms with Crippen molar-refractivity contribution in [2.45, 2.75) is 17.7 Å². The van der Waals surface area contributed by atoms with Gasteiger partial charge >= 0.3 is 5.97 Å². The van der Waals surface area contributed by atoms with Crippen LogP contribution in [0.3, 0.4) is 0 Å². The van der Waals surface area contributed by atoms with Crippen molar-refractivity contribution in [2.24, 2.45) is 0 Å². The van der Waals surface area contributed by atoms with Crippen LogP contribution in [0.2, 0.25) is 0 Å². The van der Waals surface area contributed by atoms with Crippen molar-refractivity contribution in [1.82, 2.24) is 4.72 Å². The molecule has 10 nitrogen and oxygen atoms in total. The molecule has 0 saturated carbocycles. The third kappa shape index (κ3) is 4.07. The van der Waals surface area contributed by atoms with Crippen molar-refractivity contribution in [3.63, 3.8) is 0 Å². The second-order valence-electron chi connectivity index (χ2n) is 4.62. The molecule has 1 aliphatic heterocycles. The largest absolute Gasteiger partial charge is 0.486 e. The normalized spacial score (nSPS) is 13.6. The molecule has 2 N–H and O–H groups in total. The van der Waals surface area contributed by atoms with E-state index >= 15 is 0 Å². The predicted octanol–water partition coefficient (Wildman–Crippen LogP) is 0.509. The Morgan fingerprint density at radius 3 is 2.48 bits per heavy atom. The maximum absolute atomic E-state index is 12.2. The average Bonchev–Trinajstić information content (AvgIpc) is 2.50. The van der Waals surface area contributed by atoms with Crippen LogP contribution in [0.25, 0.3) is 0 Å². The van der Waals surface area contributed by atoms with Gasteiger partial charge in [-0.2, -0.15) is 0 Å². The lowest BCUT2D eigenvalue weighted by Crippen LogP contribution is -2.26. The minimum atomic E-state index is -4.19. The molecule has 11 heteroatoms. The number of carbonyl (C=O) groups is 1. The summed E-state index contributed by atoms with van der Waals surface area (Å²) >= 11 is 0. The quantitative estimate of drug-likeness (QED) is 0.412. The molecule has 0 fully saturated rings. The topological polar surface area (TPSA) is 145 Å². The number of sulfonamides is 1. The Hall–Kier alpha value is -2.40. The van der Waals surface area contributed by atoms with E-state index in [0.717, 1.165) is 12.1 Å². The molecule has 2 rings (SSSR count). The van der Waals surface area contributed by atoms with Crippen molar-refractivity contribution in [2.75, 3.05) is 19.8 Å². The molecule has 0 radical (unpaired) electrons. The van der Waals surface area contributed by atoms with Crippen LogP contribution < -0.4 is 14.2 Å². The maximum atomic E-state index is 12.2. The van der Waals surface area contributed by atoms with E-state index in [1.165, 1.54) is 0 Å². The highest BCUT2D eigenvalue weighted by Gasteiger charge is 2.30. The molecule has 0 spiro atoms. The highest BCUT2D eigenvalue weighted by molar-refractivity contribution is 7.89. The number of hydrogen-bond donors (Lipinski definition) is 2. The van der Waals surface area contributed by atoms with E-state index in [1.807, 2.05) is 0 Å². The molecular formula is C12H14N2O8S. The third-order valence-electron chi connectivity index (χ3n) is 2.97. The molecule has 0 aromatic heterocycles. The van der Waals surface area contributed by atoms with E-state index in [9.17, 15) is 23.3 Å². The maximum Gasteiger partial charge on any atom is 0.303 e. The highest BCUT2D eigenvalue weighted by atomic mass is 32.2. The van der Waals surface area contributed by atoms with E-state index in [0.29, 0.717) is 0 Å². The Morgan fingerprint density at radius 1 is 1.30 bits per heavy atom. The Bertz CT molecular complexity index is 731. The minimum Gasteiger partial charge on any atom is -0.486 e. The smallest absolute Gasteiger partial charge is 0.303 e.